The summed E-state index contributed by atoms with van der Waals surface area (Å²) in [6.07, 6.45) is -1.88. The van der Waals surface area contributed by atoms with Gasteiger partial charge in [0, 0.05) is 30.5 Å². The quantitative estimate of drug-likeness (QED) is 0.312. The summed E-state index contributed by atoms with van der Waals surface area (Å²) in [4.78, 5) is 20.1. The number of anilines is 2. The highest BCUT2D eigenvalue weighted by Crippen LogP contribution is 2.38. The van der Waals surface area contributed by atoms with Gasteiger partial charge >= 0.3 is 0 Å². The number of rotatable bonds is 5. The summed E-state index contributed by atoms with van der Waals surface area (Å²) in [5.41, 5.74) is 6.99. The number of hydrogen-bond acceptors (Lipinski definition) is 9. The molecule has 1 amide bonds. The molecule has 2 heterocycles. The molecule has 0 aliphatic heterocycles. The van der Waals surface area contributed by atoms with Gasteiger partial charge in [0.05, 0.1) is 17.7 Å². The lowest BCUT2D eigenvalue weighted by Crippen LogP contribution is -2.35. The Kier molecular flexibility index (Phi) is 5.71. The molecular weight excluding hydrogens is 426 g/mol. The Hall–Kier alpha value is -2.92. The van der Waals surface area contributed by atoms with E-state index in [9.17, 15) is 20.1 Å². The van der Waals surface area contributed by atoms with Gasteiger partial charge in [0.15, 0.2) is 0 Å². The van der Waals surface area contributed by atoms with Crippen LogP contribution in [0.3, 0.4) is 0 Å². The van der Waals surface area contributed by atoms with E-state index < -0.39 is 24.2 Å². The van der Waals surface area contributed by atoms with Gasteiger partial charge in [-0.3, -0.25) is 4.79 Å². The Bertz CT molecular complexity index is 1140. The van der Waals surface area contributed by atoms with Gasteiger partial charge in [0.25, 0.3) is 5.91 Å². The average molecular weight is 448 g/mol. The van der Waals surface area contributed by atoms with Crippen LogP contribution in [0.2, 0.25) is 5.15 Å². The molecule has 1 aliphatic carbocycles. The molecule has 1 fully saturated rings. The van der Waals surface area contributed by atoms with Gasteiger partial charge in [-0.1, -0.05) is 17.7 Å². The van der Waals surface area contributed by atoms with Crippen LogP contribution in [0.15, 0.2) is 28.7 Å². The van der Waals surface area contributed by atoms with E-state index in [0.29, 0.717) is 28.9 Å². The molecule has 31 heavy (non-hydrogen) atoms. The van der Waals surface area contributed by atoms with Crippen LogP contribution in [0.1, 0.15) is 16.8 Å². The van der Waals surface area contributed by atoms with Crippen molar-refractivity contribution in [2.24, 2.45) is 5.92 Å². The largest absolute Gasteiger partial charge is 0.456 e. The molecule has 10 nitrogen and oxygen atoms in total. The predicted molar refractivity (Wildman–Crippen MR) is 115 cm³/mol. The molecule has 4 atom stereocenters. The lowest BCUT2D eigenvalue weighted by Gasteiger charge is -2.20. The first kappa shape index (κ1) is 21.3. The van der Waals surface area contributed by atoms with Gasteiger partial charge in [0.1, 0.15) is 28.4 Å². The van der Waals surface area contributed by atoms with Crippen LogP contribution in [-0.2, 0) is 0 Å². The highest BCUT2D eigenvalue weighted by Gasteiger charge is 2.41. The normalized spacial score (nSPS) is 23.3. The van der Waals surface area contributed by atoms with E-state index in [4.69, 9.17) is 21.8 Å². The Balaban J connectivity index is 1.74. The third kappa shape index (κ3) is 3.90. The molecule has 0 spiro atoms. The Labute approximate surface area is 182 Å². The molecule has 0 saturated heterocycles. The van der Waals surface area contributed by atoms with E-state index in [0.717, 1.165) is 5.39 Å². The first-order valence-corrected chi connectivity index (χ1v) is 10.0. The number of carbonyl (C=O) groups is 1. The van der Waals surface area contributed by atoms with Crippen LogP contribution in [0.5, 0.6) is 0 Å². The number of halogens is 1. The number of aliphatic hydroxyl groups is 3. The SMILES string of the molecule is CNC(=O)c1ccc2cc(-c3c(Cl)nc(N)nc3N[C@@H]3C[C@H](CO)[C@@H](O)[C@H]3O)oc2c1. The maximum absolute atomic E-state index is 11.9. The minimum Gasteiger partial charge on any atom is -0.456 e. The summed E-state index contributed by atoms with van der Waals surface area (Å²) in [6, 6.07) is 6.16. The number of fused-ring (bicyclic) bond motifs is 1. The third-order valence-electron chi connectivity index (χ3n) is 5.50. The van der Waals surface area contributed by atoms with Crippen molar-refractivity contribution in [3.05, 3.63) is 35.0 Å². The van der Waals surface area contributed by atoms with Gasteiger partial charge < -0.3 is 36.1 Å². The summed E-state index contributed by atoms with van der Waals surface area (Å²) < 4.78 is 5.93. The second kappa shape index (κ2) is 8.31. The van der Waals surface area contributed by atoms with Crippen molar-refractivity contribution < 1.29 is 24.5 Å². The van der Waals surface area contributed by atoms with Gasteiger partial charge in [-0.25, -0.2) is 4.98 Å². The lowest BCUT2D eigenvalue weighted by molar-refractivity contribution is 0.00446. The van der Waals surface area contributed by atoms with E-state index in [2.05, 4.69) is 20.6 Å². The number of nitrogens with two attached hydrogens (primary N) is 1. The third-order valence-corrected chi connectivity index (χ3v) is 5.77. The molecule has 11 heteroatoms. The number of carbonyl (C=O) groups excluding carboxylic acids is 1. The van der Waals surface area contributed by atoms with Crippen molar-refractivity contribution in [1.29, 1.82) is 0 Å². The van der Waals surface area contributed by atoms with E-state index in [-0.39, 0.29) is 29.4 Å². The summed E-state index contributed by atoms with van der Waals surface area (Å²) in [5, 5.41) is 36.2. The Morgan fingerprint density at radius 2 is 2.06 bits per heavy atom. The van der Waals surface area contributed by atoms with Crippen molar-refractivity contribution in [1.82, 2.24) is 15.3 Å². The van der Waals surface area contributed by atoms with Gasteiger partial charge in [-0.2, -0.15) is 4.98 Å². The molecule has 1 aliphatic rings. The standard InChI is InChI=1S/C20H22ClN5O5/c1-23-19(30)9-3-2-8-5-13(31-12(8)6-9)14-17(21)25-20(22)26-18(14)24-11-4-10(7-27)15(28)16(11)29/h2-3,5-6,10-11,15-16,27-29H,4,7H2,1H3,(H,23,30)(H3,22,24,25,26)/t10-,11-,15-,16+/m1/s1. The van der Waals surface area contributed by atoms with Crippen LogP contribution in [-0.4, -0.2) is 63.1 Å². The van der Waals surface area contributed by atoms with Crippen LogP contribution in [0.4, 0.5) is 11.8 Å². The fraction of sp³-hybridized carbons (Fsp3) is 0.350. The number of nitrogen functional groups attached to an aromatic ring is 1. The number of benzene rings is 1. The maximum atomic E-state index is 11.9. The van der Waals surface area contributed by atoms with Gasteiger partial charge in [-0.15, -0.1) is 0 Å². The Morgan fingerprint density at radius 3 is 2.74 bits per heavy atom. The second-order valence-electron chi connectivity index (χ2n) is 7.45. The van der Waals surface area contributed by atoms with Crippen molar-refractivity contribution in [3.8, 4) is 11.3 Å². The monoisotopic (exact) mass is 447 g/mol. The Morgan fingerprint density at radius 1 is 1.29 bits per heavy atom. The van der Waals surface area contributed by atoms with Crippen molar-refractivity contribution in [3.63, 3.8) is 0 Å². The molecular formula is C20H22ClN5O5. The molecule has 2 aromatic heterocycles. The molecule has 0 radical (unpaired) electrons. The number of aromatic nitrogens is 2. The summed E-state index contributed by atoms with van der Waals surface area (Å²) >= 11 is 6.36. The van der Waals surface area contributed by atoms with Crippen molar-refractivity contribution in [2.45, 2.75) is 24.7 Å². The maximum Gasteiger partial charge on any atom is 0.251 e. The van der Waals surface area contributed by atoms with Crippen molar-refractivity contribution >= 4 is 40.2 Å². The molecule has 1 aromatic carbocycles. The van der Waals surface area contributed by atoms with Gasteiger partial charge in [-0.05, 0) is 24.6 Å². The number of hydrogen-bond donors (Lipinski definition) is 6. The lowest BCUT2D eigenvalue weighted by atomic mass is 10.1. The first-order chi connectivity index (χ1) is 14.8. The first-order valence-electron chi connectivity index (χ1n) is 9.65. The number of nitrogens with zero attached hydrogens (tertiary/aromatic N) is 2. The smallest absolute Gasteiger partial charge is 0.251 e. The number of amides is 1. The van der Waals surface area contributed by atoms with E-state index in [1.807, 2.05) is 0 Å². The summed E-state index contributed by atoms with van der Waals surface area (Å²) in [5.74, 6) is -0.245. The van der Waals surface area contributed by atoms with Crippen LogP contribution < -0.4 is 16.4 Å². The zero-order valence-corrected chi connectivity index (χ0v) is 17.3. The molecule has 7 N–H and O–H groups in total. The highest BCUT2D eigenvalue weighted by molar-refractivity contribution is 6.32. The fourth-order valence-electron chi connectivity index (χ4n) is 3.84. The molecule has 3 aromatic rings. The van der Waals surface area contributed by atoms with E-state index in [1.165, 1.54) is 0 Å². The highest BCUT2D eigenvalue weighted by atomic mass is 35.5. The topological polar surface area (TPSA) is 167 Å². The van der Waals surface area contributed by atoms with Crippen LogP contribution in [0, 0.1) is 5.92 Å². The van der Waals surface area contributed by atoms with Crippen molar-refractivity contribution in [2.75, 3.05) is 24.7 Å². The number of aliphatic hydroxyl groups excluding tert-OH is 3. The number of furan rings is 1. The minimum atomic E-state index is -1.12. The molecule has 0 unspecified atom stereocenters. The molecule has 164 valence electrons. The summed E-state index contributed by atoms with van der Waals surface area (Å²) in [7, 11) is 1.54. The van der Waals surface area contributed by atoms with E-state index in [1.54, 1.807) is 31.3 Å². The molecule has 1 saturated carbocycles. The summed E-state index contributed by atoms with van der Waals surface area (Å²) in [6.45, 7) is -0.257. The van der Waals surface area contributed by atoms with E-state index >= 15 is 0 Å². The second-order valence-corrected chi connectivity index (χ2v) is 7.81. The van der Waals surface area contributed by atoms with Gasteiger partial charge in [0.2, 0.25) is 5.95 Å². The van der Waals surface area contributed by atoms with Crippen LogP contribution >= 0.6 is 11.6 Å². The van der Waals surface area contributed by atoms with Crippen LogP contribution in [0.25, 0.3) is 22.3 Å². The zero-order chi connectivity index (χ0) is 22.3. The fourth-order valence-corrected chi connectivity index (χ4v) is 4.11. The molecule has 4 rings (SSSR count). The molecule has 0 bridgehead atoms. The predicted octanol–water partition coefficient (Wildman–Crippen LogP) is 0.999. The average Bonchev–Trinajstić information content (AvgIpc) is 3.27. The number of nitrogens with one attached hydrogen (secondary N) is 2. The minimum absolute atomic E-state index is 0.0346. The zero-order valence-electron chi connectivity index (χ0n) is 16.5.